The molecular weight excluding hydrogens is 300 g/mol. The molecule has 2 heterocycles. The lowest BCUT2D eigenvalue weighted by Gasteiger charge is -2.23. The van der Waals surface area contributed by atoms with E-state index < -0.39 is 9.84 Å². The molecule has 1 fully saturated rings. The SMILES string of the molecule is Cc1[nH]c2cccc(C)c2c1C(=O)N(C)C1CCS(=O)(=O)C1. The molecule has 1 saturated heterocycles. The topological polar surface area (TPSA) is 70.2 Å². The van der Waals surface area contributed by atoms with Crippen LogP contribution in [0.1, 0.15) is 28.0 Å². The summed E-state index contributed by atoms with van der Waals surface area (Å²) in [6.45, 7) is 3.86. The van der Waals surface area contributed by atoms with Crippen molar-refractivity contribution in [2.45, 2.75) is 26.3 Å². The molecule has 22 heavy (non-hydrogen) atoms. The van der Waals surface area contributed by atoms with Crippen LogP contribution in [0.2, 0.25) is 0 Å². The number of carbonyl (C=O) groups is 1. The van der Waals surface area contributed by atoms with E-state index in [2.05, 4.69) is 4.98 Å². The van der Waals surface area contributed by atoms with Gasteiger partial charge in [-0.25, -0.2) is 8.42 Å². The number of hydrogen-bond acceptors (Lipinski definition) is 3. The van der Waals surface area contributed by atoms with Crippen LogP contribution in [0.4, 0.5) is 0 Å². The summed E-state index contributed by atoms with van der Waals surface area (Å²) in [5.41, 5.74) is 3.45. The summed E-state index contributed by atoms with van der Waals surface area (Å²) in [6, 6.07) is 5.65. The van der Waals surface area contributed by atoms with Gasteiger partial charge in [0.25, 0.3) is 5.91 Å². The van der Waals surface area contributed by atoms with Crippen molar-refractivity contribution in [3.05, 3.63) is 35.0 Å². The Balaban J connectivity index is 2.01. The molecule has 0 radical (unpaired) electrons. The molecule has 3 rings (SSSR count). The van der Waals surface area contributed by atoms with Gasteiger partial charge < -0.3 is 9.88 Å². The van der Waals surface area contributed by atoms with Crippen molar-refractivity contribution in [1.82, 2.24) is 9.88 Å². The van der Waals surface area contributed by atoms with E-state index in [4.69, 9.17) is 0 Å². The minimum absolute atomic E-state index is 0.0651. The maximum absolute atomic E-state index is 12.9. The summed E-state index contributed by atoms with van der Waals surface area (Å²) in [4.78, 5) is 17.7. The zero-order valence-corrected chi connectivity index (χ0v) is 13.8. The van der Waals surface area contributed by atoms with Gasteiger partial charge in [0.2, 0.25) is 0 Å². The van der Waals surface area contributed by atoms with Crippen LogP contribution in [0, 0.1) is 13.8 Å². The fourth-order valence-electron chi connectivity index (χ4n) is 3.25. The molecule has 5 nitrogen and oxygen atoms in total. The molecule has 0 saturated carbocycles. The molecule has 1 atom stereocenters. The van der Waals surface area contributed by atoms with Gasteiger partial charge in [0.15, 0.2) is 9.84 Å². The number of amides is 1. The fourth-order valence-corrected chi connectivity index (χ4v) is 5.02. The minimum Gasteiger partial charge on any atom is -0.358 e. The number of aromatic nitrogens is 1. The monoisotopic (exact) mass is 320 g/mol. The molecule has 2 aromatic rings. The largest absolute Gasteiger partial charge is 0.358 e. The third kappa shape index (κ3) is 2.41. The molecule has 1 aromatic carbocycles. The van der Waals surface area contributed by atoms with Gasteiger partial charge in [0, 0.05) is 29.7 Å². The first kappa shape index (κ1) is 15.1. The van der Waals surface area contributed by atoms with Crippen LogP contribution in [0.5, 0.6) is 0 Å². The number of benzene rings is 1. The molecule has 1 N–H and O–H groups in total. The molecule has 1 amide bonds. The van der Waals surface area contributed by atoms with Crippen LogP contribution in [0.15, 0.2) is 18.2 Å². The predicted octanol–water partition coefficient (Wildman–Crippen LogP) is 2.04. The highest BCUT2D eigenvalue weighted by Gasteiger charge is 2.34. The van der Waals surface area contributed by atoms with Crippen LogP contribution < -0.4 is 0 Å². The van der Waals surface area contributed by atoms with Crippen LogP contribution >= 0.6 is 0 Å². The lowest BCUT2D eigenvalue weighted by atomic mass is 10.0. The summed E-state index contributed by atoms with van der Waals surface area (Å²) in [7, 11) is -1.31. The molecule has 1 aliphatic rings. The number of carbonyl (C=O) groups excluding carboxylic acids is 1. The van der Waals surface area contributed by atoms with Gasteiger partial charge in [-0.1, -0.05) is 12.1 Å². The zero-order valence-electron chi connectivity index (χ0n) is 13.0. The number of rotatable bonds is 2. The normalized spacial score (nSPS) is 20.4. The molecule has 0 aliphatic carbocycles. The number of aryl methyl sites for hydroxylation is 2. The zero-order chi connectivity index (χ0) is 16.1. The maximum Gasteiger partial charge on any atom is 0.256 e. The molecular formula is C16H20N2O3S. The third-order valence-corrected chi connectivity index (χ3v) is 6.26. The van der Waals surface area contributed by atoms with Gasteiger partial charge >= 0.3 is 0 Å². The average Bonchev–Trinajstić information content (AvgIpc) is 2.97. The number of nitrogens with zero attached hydrogens (tertiary/aromatic N) is 1. The molecule has 0 bridgehead atoms. The Labute approximate surface area is 130 Å². The van der Waals surface area contributed by atoms with Gasteiger partial charge in [-0.3, -0.25) is 4.79 Å². The number of H-pyrrole nitrogens is 1. The Morgan fingerprint density at radius 2 is 2.05 bits per heavy atom. The van der Waals surface area contributed by atoms with E-state index in [1.54, 1.807) is 11.9 Å². The van der Waals surface area contributed by atoms with Crippen LogP contribution in [-0.2, 0) is 9.84 Å². The van der Waals surface area contributed by atoms with Gasteiger partial charge in [0.1, 0.15) is 0 Å². The van der Waals surface area contributed by atoms with Crippen molar-refractivity contribution in [3.63, 3.8) is 0 Å². The van der Waals surface area contributed by atoms with E-state index in [0.717, 1.165) is 22.2 Å². The number of nitrogens with one attached hydrogen (secondary N) is 1. The van der Waals surface area contributed by atoms with Crippen molar-refractivity contribution in [3.8, 4) is 0 Å². The van der Waals surface area contributed by atoms with Gasteiger partial charge in [-0.05, 0) is 31.9 Å². The molecule has 1 unspecified atom stereocenters. The summed E-state index contributed by atoms with van der Waals surface area (Å²) in [5, 5.41) is 0.928. The van der Waals surface area contributed by atoms with Crippen molar-refractivity contribution in [1.29, 1.82) is 0 Å². The summed E-state index contributed by atoms with van der Waals surface area (Å²) < 4.78 is 23.3. The Morgan fingerprint density at radius 3 is 2.68 bits per heavy atom. The molecule has 118 valence electrons. The van der Waals surface area contributed by atoms with Gasteiger partial charge in [0.05, 0.1) is 17.1 Å². The summed E-state index contributed by atoms with van der Waals surface area (Å²) in [5.74, 6) is 0.122. The second kappa shape index (κ2) is 5.12. The second-order valence-corrected chi connectivity index (χ2v) is 8.32. The van der Waals surface area contributed by atoms with Crippen molar-refractivity contribution in [2.24, 2.45) is 0 Å². The minimum atomic E-state index is -3.01. The first-order chi connectivity index (χ1) is 10.3. The third-order valence-electron chi connectivity index (χ3n) is 4.51. The van der Waals surface area contributed by atoms with Crippen LogP contribution in [0.3, 0.4) is 0 Å². The number of hydrogen-bond donors (Lipinski definition) is 1. The number of fused-ring (bicyclic) bond motifs is 1. The van der Waals surface area contributed by atoms with E-state index in [-0.39, 0.29) is 23.5 Å². The highest BCUT2D eigenvalue weighted by atomic mass is 32.2. The lowest BCUT2D eigenvalue weighted by molar-refractivity contribution is 0.0749. The summed E-state index contributed by atoms with van der Waals surface area (Å²) in [6.07, 6.45) is 0.519. The molecule has 6 heteroatoms. The fraction of sp³-hybridized carbons (Fsp3) is 0.438. The highest BCUT2D eigenvalue weighted by molar-refractivity contribution is 7.91. The number of sulfone groups is 1. The standard InChI is InChI=1S/C16H20N2O3S/c1-10-5-4-6-13-14(10)15(11(2)17-13)16(19)18(3)12-7-8-22(20,21)9-12/h4-6,12,17H,7-9H2,1-3H3. The summed E-state index contributed by atoms with van der Waals surface area (Å²) >= 11 is 0. The van der Waals surface area contributed by atoms with Gasteiger partial charge in [-0.15, -0.1) is 0 Å². The first-order valence-corrected chi connectivity index (χ1v) is 9.18. The van der Waals surface area contributed by atoms with E-state index >= 15 is 0 Å². The van der Waals surface area contributed by atoms with Crippen molar-refractivity contribution < 1.29 is 13.2 Å². The first-order valence-electron chi connectivity index (χ1n) is 7.35. The lowest BCUT2D eigenvalue weighted by Crippen LogP contribution is -2.38. The van der Waals surface area contributed by atoms with Crippen molar-refractivity contribution in [2.75, 3.05) is 18.6 Å². The maximum atomic E-state index is 12.9. The quantitative estimate of drug-likeness (QED) is 0.920. The smallest absolute Gasteiger partial charge is 0.256 e. The Kier molecular flexibility index (Phi) is 3.51. The number of aromatic amines is 1. The second-order valence-electron chi connectivity index (χ2n) is 6.10. The van der Waals surface area contributed by atoms with Crippen LogP contribution in [-0.4, -0.2) is 48.8 Å². The Morgan fingerprint density at radius 1 is 1.32 bits per heavy atom. The van der Waals surface area contributed by atoms with E-state index in [1.165, 1.54) is 0 Å². The molecule has 0 spiro atoms. The van der Waals surface area contributed by atoms with E-state index in [9.17, 15) is 13.2 Å². The van der Waals surface area contributed by atoms with Crippen molar-refractivity contribution >= 4 is 26.6 Å². The predicted molar refractivity (Wildman–Crippen MR) is 86.9 cm³/mol. The van der Waals surface area contributed by atoms with Gasteiger partial charge in [-0.2, -0.15) is 0 Å². The average molecular weight is 320 g/mol. The van der Waals surface area contributed by atoms with E-state index in [0.29, 0.717) is 12.0 Å². The Hall–Kier alpha value is -1.82. The highest BCUT2D eigenvalue weighted by Crippen LogP contribution is 2.28. The van der Waals surface area contributed by atoms with E-state index in [1.807, 2.05) is 32.0 Å². The van der Waals surface area contributed by atoms with Crippen LogP contribution in [0.25, 0.3) is 10.9 Å². The molecule has 1 aromatic heterocycles. The Bertz CT molecular complexity index is 852. The molecule has 1 aliphatic heterocycles.